The SMILES string of the molecule is COc1cc([N+](=O)[O-])cc2c1OC1(C=C2)N(CCOC(=O)CCC(=O)O)c2ccccc2C1(C)C. The molecule has 0 saturated heterocycles. The first-order valence-electron chi connectivity index (χ1n) is 11.1. The first kappa shape index (κ1) is 24.1. The highest BCUT2D eigenvalue weighted by Crippen LogP contribution is 2.56. The highest BCUT2D eigenvalue weighted by atomic mass is 16.6. The molecule has 35 heavy (non-hydrogen) atoms. The van der Waals surface area contributed by atoms with Gasteiger partial charge >= 0.3 is 11.9 Å². The molecule has 0 aliphatic carbocycles. The predicted octanol–water partition coefficient (Wildman–Crippen LogP) is 3.91. The van der Waals surface area contributed by atoms with Crippen molar-refractivity contribution in [3.05, 3.63) is 63.7 Å². The van der Waals surface area contributed by atoms with Crippen LogP contribution in [0.5, 0.6) is 11.5 Å². The zero-order valence-electron chi connectivity index (χ0n) is 19.6. The fourth-order valence-corrected chi connectivity index (χ4v) is 4.74. The summed E-state index contributed by atoms with van der Waals surface area (Å²) in [5.74, 6) is -1.04. The second-order valence-electron chi connectivity index (χ2n) is 8.86. The molecular weight excluding hydrogens is 456 g/mol. The van der Waals surface area contributed by atoms with Crippen LogP contribution in [0.15, 0.2) is 42.5 Å². The minimum absolute atomic E-state index is 0.0199. The Bertz CT molecular complexity index is 1220. The second-order valence-corrected chi connectivity index (χ2v) is 8.86. The van der Waals surface area contributed by atoms with Gasteiger partial charge in [0.1, 0.15) is 6.61 Å². The van der Waals surface area contributed by atoms with Gasteiger partial charge in [-0.1, -0.05) is 18.2 Å². The lowest BCUT2D eigenvalue weighted by Gasteiger charge is -2.47. The van der Waals surface area contributed by atoms with Crippen LogP contribution in [-0.4, -0.2) is 48.0 Å². The average Bonchev–Trinajstić information content (AvgIpc) is 3.00. The summed E-state index contributed by atoms with van der Waals surface area (Å²) >= 11 is 0. The molecule has 0 aromatic heterocycles. The van der Waals surface area contributed by atoms with E-state index < -0.39 is 28.0 Å². The van der Waals surface area contributed by atoms with Crippen molar-refractivity contribution >= 4 is 29.4 Å². The molecule has 2 aromatic carbocycles. The van der Waals surface area contributed by atoms with Crippen molar-refractivity contribution < 1.29 is 33.8 Å². The zero-order valence-corrected chi connectivity index (χ0v) is 19.6. The fraction of sp³-hybridized carbons (Fsp3) is 0.360. The largest absolute Gasteiger partial charge is 0.493 e. The van der Waals surface area contributed by atoms with E-state index in [1.807, 2.05) is 49.1 Å². The number of carboxylic acid groups (broad SMARTS) is 1. The van der Waals surface area contributed by atoms with Crippen molar-refractivity contribution in [1.29, 1.82) is 0 Å². The van der Waals surface area contributed by atoms with E-state index in [1.54, 1.807) is 6.08 Å². The zero-order chi connectivity index (χ0) is 25.4. The van der Waals surface area contributed by atoms with E-state index >= 15 is 0 Å². The first-order chi connectivity index (χ1) is 16.6. The van der Waals surface area contributed by atoms with Gasteiger partial charge in [-0.05, 0) is 37.6 Å². The van der Waals surface area contributed by atoms with E-state index in [1.165, 1.54) is 19.2 Å². The highest BCUT2D eigenvalue weighted by Gasteiger charge is 2.59. The number of benzene rings is 2. The van der Waals surface area contributed by atoms with Gasteiger partial charge in [0.2, 0.25) is 5.72 Å². The monoisotopic (exact) mass is 482 g/mol. The summed E-state index contributed by atoms with van der Waals surface area (Å²) in [4.78, 5) is 35.6. The van der Waals surface area contributed by atoms with Crippen molar-refractivity contribution in [2.24, 2.45) is 0 Å². The number of carboxylic acids is 1. The Balaban J connectivity index is 1.70. The van der Waals surface area contributed by atoms with Gasteiger partial charge in [0.15, 0.2) is 11.5 Å². The van der Waals surface area contributed by atoms with Crippen LogP contribution in [-0.2, 0) is 19.7 Å². The first-order valence-corrected chi connectivity index (χ1v) is 11.1. The molecule has 0 fully saturated rings. The summed E-state index contributed by atoms with van der Waals surface area (Å²) in [6.07, 6.45) is 3.15. The topological polar surface area (TPSA) is 128 Å². The van der Waals surface area contributed by atoms with E-state index in [4.69, 9.17) is 19.3 Å². The number of nitro groups is 1. The molecule has 4 rings (SSSR count). The summed E-state index contributed by atoms with van der Waals surface area (Å²) in [5.41, 5.74) is 0.718. The maximum atomic E-state index is 12.0. The van der Waals surface area contributed by atoms with Crippen molar-refractivity contribution in [1.82, 2.24) is 0 Å². The number of hydrogen-bond donors (Lipinski definition) is 1. The van der Waals surface area contributed by atoms with Crippen LogP contribution in [0.3, 0.4) is 0 Å². The Morgan fingerprint density at radius 1 is 1.20 bits per heavy atom. The molecule has 0 saturated carbocycles. The van der Waals surface area contributed by atoms with E-state index in [2.05, 4.69) is 0 Å². The number of rotatable bonds is 8. The summed E-state index contributed by atoms with van der Waals surface area (Å²) in [6, 6.07) is 10.6. The highest BCUT2D eigenvalue weighted by molar-refractivity contribution is 5.77. The Hall–Kier alpha value is -4.08. The fourth-order valence-electron chi connectivity index (χ4n) is 4.74. The minimum atomic E-state index is -1.07. The normalized spacial score (nSPS) is 19.0. The molecule has 0 bridgehead atoms. The Kier molecular flexibility index (Phi) is 6.14. The maximum Gasteiger partial charge on any atom is 0.306 e. The molecule has 184 valence electrons. The van der Waals surface area contributed by atoms with Gasteiger partial charge in [-0.3, -0.25) is 19.7 Å². The van der Waals surface area contributed by atoms with Gasteiger partial charge in [-0.2, -0.15) is 0 Å². The number of ether oxygens (including phenoxy) is 3. The molecule has 0 radical (unpaired) electrons. The number of methoxy groups -OCH3 is 1. The Morgan fingerprint density at radius 3 is 2.63 bits per heavy atom. The molecule has 2 heterocycles. The van der Waals surface area contributed by atoms with E-state index in [0.29, 0.717) is 11.3 Å². The van der Waals surface area contributed by atoms with E-state index in [-0.39, 0.29) is 37.4 Å². The number of carbonyl (C=O) groups excluding carboxylic acids is 1. The van der Waals surface area contributed by atoms with E-state index in [0.717, 1.165) is 11.3 Å². The lowest BCUT2D eigenvalue weighted by molar-refractivity contribution is -0.385. The quantitative estimate of drug-likeness (QED) is 0.338. The second kappa shape index (κ2) is 8.94. The summed E-state index contributed by atoms with van der Waals surface area (Å²) in [7, 11) is 1.43. The van der Waals surface area contributed by atoms with Gasteiger partial charge in [0.05, 0.1) is 42.9 Å². The van der Waals surface area contributed by atoms with Gasteiger partial charge in [-0.15, -0.1) is 0 Å². The molecule has 1 N–H and O–H groups in total. The molecule has 1 unspecified atom stereocenters. The minimum Gasteiger partial charge on any atom is -0.493 e. The van der Waals surface area contributed by atoms with Crippen LogP contribution in [0, 0.1) is 10.1 Å². The lowest BCUT2D eigenvalue weighted by Crippen LogP contribution is -2.60. The lowest BCUT2D eigenvalue weighted by atomic mass is 9.76. The third-order valence-electron chi connectivity index (χ3n) is 6.53. The van der Waals surface area contributed by atoms with Crippen LogP contribution < -0.4 is 14.4 Å². The molecular formula is C25H26N2O8. The molecule has 1 atom stereocenters. The number of carbonyl (C=O) groups is 2. The van der Waals surface area contributed by atoms with Crippen molar-refractivity contribution in [2.45, 2.75) is 37.8 Å². The number of hydrogen-bond acceptors (Lipinski definition) is 8. The standard InChI is InChI=1S/C25H26N2O8/c1-24(2)18-6-4-5-7-19(18)26(12-13-34-22(30)9-8-21(28)29)25(24)11-10-16-14-17(27(31)32)15-20(33-3)23(16)35-25/h4-7,10-11,14-15H,8-9,12-13H2,1-3H3,(H,28,29). The number of para-hydroxylation sites is 1. The molecule has 10 nitrogen and oxygen atoms in total. The average molecular weight is 482 g/mol. The van der Waals surface area contributed by atoms with Crippen LogP contribution >= 0.6 is 0 Å². The summed E-state index contributed by atoms with van der Waals surface area (Å²) in [5, 5.41) is 20.1. The molecule has 1 spiro atoms. The van der Waals surface area contributed by atoms with Crippen molar-refractivity contribution in [2.75, 3.05) is 25.2 Å². The summed E-state index contributed by atoms with van der Waals surface area (Å²) < 4.78 is 17.4. The number of non-ortho nitro benzene ring substituents is 1. The van der Waals surface area contributed by atoms with Crippen LogP contribution in [0.25, 0.3) is 6.08 Å². The summed E-state index contributed by atoms with van der Waals surface area (Å²) in [6.45, 7) is 4.37. The molecule has 2 aliphatic heterocycles. The number of nitro benzene ring substituents is 1. The number of anilines is 1. The Labute approximate surface area is 201 Å². The molecule has 0 amide bonds. The van der Waals surface area contributed by atoms with Crippen LogP contribution in [0.2, 0.25) is 0 Å². The number of nitrogens with zero attached hydrogens (tertiary/aromatic N) is 2. The molecule has 10 heteroatoms. The van der Waals surface area contributed by atoms with Gasteiger partial charge in [-0.25, -0.2) is 0 Å². The molecule has 2 aliphatic rings. The predicted molar refractivity (Wildman–Crippen MR) is 127 cm³/mol. The van der Waals surface area contributed by atoms with Gasteiger partial charge in [0, 0.05) is 17.3 Å². The smallest absolute Gasteiger partial charge is 0.306 e. The van der Waals surface area contributed by atoms with Gasteiger partial charge in [0.25, 0.3) is 5.69 Å². The van der Waals surface area contributed by atoms with E-state index in [9.17, 15) is 19.7 Å². The Morgan fingerprint density at radius 2 is 1.94 bits per heavy atom. The molecule has 2 aromatic rings. The number of fused-ring (bicyclic) bond motifs is 2. The number of esters is 1. The van der Waals surface area contributed by atoms with Crippen molar-refractivity contribution in [3.63, 3.8) is 0 Å². The van der Waals surface area contributed by atoms with Gasteiger partial charge < -0.3 is 24.2 Å². The van der Waals surface area contributed by atoms with Crippen LogP contribution in [0.1, 0.15) is 37.8 Å². The van der Waals surface area contributed by atoms with Crippen LogP contribution in [0.4, 0.5) is 11.4 Å². The third kappa shape index (κ3) is 4.05. The maximum absolute atomic E-state index is 12.0. The number of aliphatic carboxylic acids is 1. The van der Waals surface area contributed by atoms with Crippen molar-refractivity contribution in [3.8, 4) is 11.5 Å². The third-order valence-corrected chi connectivity index (χ3v) is 6.53.